The van der Waals surface area contributed by atoms with Crippen LogP contribution in [0, 0.1) is 5.41 Å². The molecule has 0 heterocycles. The number of ether oxygens (including phenoxy) is 2. The van der Waals surface area contributed by atoms with Crippen LogP contribution in [-0.2, 0) is 0 Å². The molecule has 0 unspecified atom stereocenters. The SMILES string of the molecule is N=C(N)C(=Cc1ccccc1)Oc1ccc(OC(F)(F)F)cc1. The number of alkyl halides is 3. The Balaban J connectivity index is 2.15. The summed E-state index contributed by atoms with van der Waals surface area (Å²) >= 11 is 0. The summed E-state index contributed by atoms with van der Waals surface area (Å²) < 4.78 is 45.5. The highest BCUT2D eigenvalue weighted by Crippen LogP contribution is 2.25. The van der Waals surface area contributed by atoms with Crippen molar-refractivity contribution < 1.29 is 22.6 Å². The first-order chi connectivity index (χ1) is 10.8. The molecule has 120 valence electrons. The first kappa shape index (κ1) is 16.4. The van der Waals surface area contributed by atoms with Crippen LogP contribution in [0.3, 0.4) is 0 Å². The van der Waals surface area contributed by atoms with E-state index in [-0.39, 0.29) is 23.1 Å². The van der Waals surface area contributed by atoms with E-state index in [0.29, 0.717) is 0 Å². The molecule has 2 rings (SSSR count). The molecule has 23 heavy (non-hydrogen) atoms. The van der Waals surface area contributed by atoms with Crippen LogP contribution in [0.4, 0.5) is 13.2 Å². The van der Waals surface area contributed by atoms with Gasteiger partial charge < -0.3 is 15.2 Å². The first-order valence-electron chi connectivity index (χ1n) is 6.48. The molecular weight excluding hydrogens is 309 g/mol. The number of rotatable bonds is 5. The van der Waals surface area contributed by atoms with Crippen molar-refractivity contribution in [3.63, 3.8) is 0 Å². The molecule has 0 fully saturated rings. The van der Waals surface area contributed by atoms with E-state index >= 15 is 0 Å². The van der Waals surface area contributed by atoms with E-state index in [4.69, 9.17) is 15.9 Å². The fourth-order valence-corrected chi connectivity index (χ4v) is 1.70. The maximum Gasteiger partial charge on any atom is 0.573 e. The lowest BCUT2D eigenvalue weighted by atomic mass is 10.2. The van der Waals surface area contributed by atoms with Gasteiger partial charge in [0.05, 0.1) is 0 Å². The van der Waals surface area contributed by atoms with Crippen molar-refractivity contribution in [2.45, 2.75) is 6.36 Å². The van der Waals surface area contributed by atoms with E-state index in [1.807, 2.05) is 18.2 Å². The van der Waals surface area contributed by atoms with Crippen LogP contribution in [0.2, 0.25) is 0 Å². The lowest BCUT2D eigenvalue weighted by Crippen LogP contribution is -2.18. The summed E-state index contributed by atoms with van der Waals surface area (Å²) in [6.07, 6.45) is -3.19. The minimum atomic E-state index is -4.75. The minimum absolute atomic E-state index is 0.0840. The molecular formula is C16H13F3N2O2. The Kier molecular flexibility index (Phi) is 4.90. The summed E-state index contributed by atoms with van der Waals surface area (Å²) in [7, 11) is 0. The average molecular weight is 322 g/mol. The maximum atomic E-state index is 12.1. The molecule has 0 atom stereocenters. The van der Waals surface area contributed by atoms with Crippen molar-refractivity contribution in [1.29, 1.82) is 5.41 Å². The van der Waals surface area contributed by atoms with E-state index in [1.165, 1.54) is 12.1 Å². The van der Waals surface area contributed by atoms with E-state index in [9.17, 15) is 13.2 Å². The van der Waals surface area contributed by atoms with Gasteiger partial charge >= 0.3 is 6.36 Å². The quantitative estimate of drug-likeness (QED) is 0.498. The Morgan fingerprint density at radius 3 is 2.04 bits per heavy atom. The fraction of sp³-hybridized carbons (Fsp3) is 0.0625. The lowest BCUT2D eigenvalue weighted by molar-refractivity contribution is -0.274. The second-order valence-corrected chi connectivity index (χ2v) is 4.45. The van der Waals surface area contributed by atoms with Crippen molar-refractivity contribution in [1.82, 2.24) is 0 Å². The van der Waals surface area contributed by atoms with Gasteiger partial charge in [-0.25, -0.2) is 0 Å². The van der Waals surface area contributed by atoms with Crippen LogP contribution in [0.1, 0.15) is 5.56 Å². The van der Waals surface area contributed by atoms with Gasteiger partial charge in [0, 0.05) is 0 Å². The largest absolute Gasteiger partial charge is 0.573 e. The van der Waals surface area contributed by atoms with Crippen molar-refractivity contribution in [2.24, 2.45) is 5.73 Å². The molecule has 4 nitrogen and oxygen atoms in total. The van der Waals surface area contributed by atoms with Crippen molar-refractivity contribution in [3.8, 4) is 11.5 Å². The summed E-state index contributed by atoms with van der Waals surface area (Å²) in [5.41, 5.74) is 6.23. The first-order valence-corrected chi connectivity index (χ1v) is 6.48. The monoisotopic (exact) mass is 322 g/mol. The van der Waals surface area contributed by atoms with Gasteiger partial charge in [0.25, 0.3) is 0 Å². The Morgan fingerprint density at radius 2 is 1.52 bits per heavy atom. The van der Waals surface area contributed by atoms with E-state index < -0.39 is 6.36 Å². The van der Waals surface area contributed by atoms with Gasteiger partial charge in [-0.05, 0) is 35.9 Å². The Hall–Kier alpha value is -2.96. The molecule has 0 amide bonds. The Labute approximate surface area is 130 Å². The van der Waals surface area contributed by atoms with Crippen LogP contribution in [0.5, 0.6) is 11.5 Å². The normalized spacial score (nSPS) is 11.9. The highest BCUT2D eigenvalue weighted by atomic mass is 19.4. The van der Waals surface area contributed by atoms with Gasteiger partial charge in [-0.1, -0.05) is 30.3 Å². The van der Waals surface area contributed by atoms with Crippen LogP contribution in [0.15, 0.2) is 60.4 Å². The van der Waals surface area contributed by atoms with Gasteiger partial charge in [-0.15, -0.1) is 13.2 Å². The molecule has 2 aromatic carbocycles. The molecule has 0 spiro atoms. The molecule has 0 aliphatic heterocycles. The van der Waals surface area contributed by atoms with Crippen molar-refractivity contribution in [3.05, 3.63) is 65.9 Å². The van der Waals surface area contributed by atoms with E-state index in [0.717, 1.165) is 17.7 Å². The Morgan fingerprint density at radius 1 is 0.957 bits per heavy atom. The van der Waals surface area contributed by atoms with Crippen LogP contribution < -0.4 is 15.2 Å². The van der Waals surface area contributed by atoms with Crippen LogP contribution >= 0.6 is 0 Å². The second-order valence-electron chi connectivity index (χ2n) is 4.45. The molecule has 0 radical (unpaired) electrons. The number of benzene rings is 2. The molecule has 0 aromatic heterocycles. The second kappa shape index (κ2) is 6.87. The summed E-state index contributed by atoms with van der Waals surface area (Å²) in [6.45, 7) is 0. The molecule has 3 N–H and O–H groups in total. The maximum absolute atomic E-state index is 12.1. The number of hydrogen-bond acceptors (Lipinski definition) is 3. The minimum Gasteiger partial charge on any atom is -0.453 e. The predicted octanol–water partition coefficient (Wildman–Crippen LogP) is 3.94. The molecule has 2 aromatic rings. The molecule has 0 aliphatic rings. The predicted molar refractivity (Wildman–Crippen MR) is 80.1 cm³/mol. The standard InChI is InChI=1S/C16H13F3N2O2/c17-16(18,19)23-13-8-6-12(7-9-13)22-14(15(20)21)10-11-4-2-1-3-5-11/h1-10H,(H3,20,21). The van der Waals surface area contributed by atoms with Crippen molar-refractivity contribution >= 4 is 11.9 Å². The van der Waals surface area contributed by atoms with Gasteiger partial charge in [0.2, 0.25) is 0 Å². The van der Waals surface area contributed by atoms with Crippen LogP contribution in [0.25, 0.3) is 6.08 Å². The summed E-state index contributed by atoms with van der Waals surface area (Å²) in [6, 6.07) is 13.9. The van der Waals surface area contributed by atoms with Gasteiger partial charge in [-0.2, -0.15) is 0 Å². The Bertz CT molecular complexity index is 696. The zero-order valence-electron chi connectivity index (χ0n) is 11.8. The highest BCUT2D eigenvalue weighted by Gasteiger charge is 2.30. The fourth-order valence-electron chi connectivity index (χ4n) is 1.70. The summed E-state index contributed by atoms with van der Waals surface area (Å²) in [5, 5.41) is 7.52. The number of hydrogen-bond donors (Lipinski definition) is 2. The van der Waals surface area contributed by atoms with E-state index in [2.05, 4.69) is 4.74 Å². The van der Waals surface area contributed by atoms with Crippen LogP contribution in [-0.4, -0.2) is 12.2 Å². The summed E-state index contributed by atoms with van der Waals surface area (Å²) in [5.74, 6) is -0.344. The topological polar surface area (TPSA) is 68.3 Å². The van der Waals surface area contributed by atoms with E-state index in [1.54, 1.807) is 18.2 Å². The van der Waals surface area contributed by atoms with Gasteiger partial charge in [0.15, 0.2) is 11.6 Å². The molecule has 0 saturated heterocycles. The molecule has 7 heteroatoms. The van der Waals surface area contributed by atoms with Gasteiger partial charge in [-0.3, -0.25) is 5.41 Å². The molecule has 0 bridgehead atoms. The third-order valence-corrected chi connectivity index (χ3v) is 2.65. The molecule has 0 aliphatic carbocycles. The third kappa shape index (κ3) is 5.39. The summed E-state index contributed by atoms with van der Waals surface area (Å²) in [4.78, 5) is 0. The number of nitrogens with one attached hydrogen (secondary N) is 1. The smallest absolute Gasteiger partial charge is 0.453 e. The van der Waals surface area contributed by atoms with Crippen molar-refractivity contribution in [2.75, 3.05) is 0 Å². The third-order valence-electron chi connectivity index (χ3n) is 2.65. The zero-order chi connectivity index (χ0) is 16.9. The highest BCUT2D eigenvalue weighted by molar-refractivity contribution is 5.97. The molecule has 0 saturated carbocycles. The number of amidine groups is 1. The lowest BCUT2D eigenvalue weighted by Gasteiger charge is -2.11. The number of nitrogens with two attached hydrogens (primary N) is 1. The zero-order valence-corrected chi connectivity index (χ0v) is 11.8. The van der Waals surface area contributed by atoms with Gasteiger partial charge in [0.1, 0.15) is 11.5 Å². The number of halogens is 3. The average Bonchev–Trinajstić information content (AvgIpc) is 2.48.